The third-order valence-corrected chi connectivity index (χ3v) is 6.96. The number of aryl methyl sites for hydroxylation is 1. The molecular formula is C26H24ClN3O2S. The molecule has 7 heteroatoms. The molecule has 0 saturated carbocycles. The van der Waals surface area contributed by atoms with Gasteiger partial charge in [0.25, 0.3) is 0 Å². The molecule has 1 amide bonds. The number of hydrogen-bond acceptors (Lipinski definition) is 3. The number of nitrogens with one attached hydrogen (secondary N) is 2. The van der Waals surface area contributed by atoms with E-state index in [1.54, 1.807) is 24.3 Å². The normalized spacial score (nSPS) is 23.2. The molecule has 3 aromatic carbocycles. The highest BCUT2D eigenvalue weighted by molar-refractivity contribution is 7.80. The number of nitrogens with zero attached hydrogens (tertiary/aromatic N) is 1. The van der Waals surface area contributed by atoms with Gasteiger partial charge in [0, 0.05) is 22.0 Å². The van der Waals surface area contributed by atoms with Crippen LogP contribution in [0, 0.1) is 5.92 Å². The summed E-state index contributed by atoms with van der Waals surface area (Å²) in [6.45, 7) is 4.05. The Labute approximate surface area is 203 Å². The van der Waals surface area contributed by atoms with Gasteiger partial charge in [-0.15, -0.1) is 0 Å². The predicted molar refractivity (Wildman–Crippen MR) is 136 cm³/mol. The number of amides is 1. The van der Waals surface area contributed by atoms with E-state index in [-0.39, 0.29) is 11.9 Å². The van der Waals surface area contributed by atoms with Gasteiger partial charge in [0.1, 0.15) is 11.7 Å². The van der Waals surface area contributed by atoms with Crippen molar-refractivity contribution < 1.29 is 9.53 Å². The molecule has 2 N–H and O–H groups in total. The van der Waals surface area contributed by atoms with Crippen LogP contribution in [-0.2, 0) is 11.2 Å². The molecule has 5 nitrogen and oxygen atoms in total. The van der Waals surface area contributed by atoms with Crippen LogP contribution in [0.4, 0.5) is 11.4 Å². The maximum Gasteiger partial charge on any atom is 0.236 e. The Morgan fingerprint density at radius 2 is 1.82 bits per heavy atom. The monoisotopic (exact) mass is 477 g/mol. The van der Waals surface area contributed by atoms with Crippen LogP contribution in [0.3, 0.4) is 0 Å². The third-order valence-electron chi connectivity index (χ3n) is 6.40. The fourth-order valence-electron chi connectivity index (χ4n) is 4.75. The molecule has 2 heterocycles. The number of benzene rings is 3. The van der Waals surface area contributed by atoms with Crippen molar-refractivity contribution in [2.24, 2.45) is 5.92 Å². The van der Waals surface area contributed by atoms with Gasteiger partial charge in [0.15, 0.2) is 10.8 Å². The van der Waals surface area contributed by atoms with E-state index in [0.29, 0.717) is 15.8 Å². The summed E-state index contributed by atoms with van der Waals surface area (Å²) < 4.78 is 6.59. The first-order valence-electron chi connectivity index (χ1n) is 10.9. The van der Waals surface area contributed by atoms with E-state index in [9.17, 15) is 4.79 Å². The van der Waals surface area contributed by atoms with E-state index in [1.807, 2.05) is 48.2 Å². The highest BCUT2D eigenvalue weighted by atomic mass is 35.5. The smallest absolute Gasteiger partial charge is 0.236 e. The van der Waals surface area contributed by atoms with Crippen LogP contribution < -0.4 is 20.3 Å². The summed E-state index contributed by atoms with van der Waals surface area (Å²) in [4.78, 5) is 15.6. The fourth-order valence-corrected chi connectivity index (χ4v) is 5.29. The Bertz CT molecular complexity index is 1210. The second-order valence-corrected chi connectivity index (χ2v) is 9.27. The topological polar surface area (TPSA) is 53.6 Å². The molecule has 0 aliphatic carbocycles. The predicted octanol–water partition coefficient (Wildman–Crippen LogP) is 5.70. The second kappa shape index (κ2) is 8.36. The Hall–Kier alpha value is -3.09. The minimum absolute atomic E-state index is 0.162. The van der Waals surface area contributed by atoms with Crippen molar-refractivity contribution in [1.29, 1.82) is 0 Å². The standard InChI is InChI=1S/C26H24ClN3O2S/c1-3-16-8-14-19(15-9-16)30-25(33)29-23-20-6-4-5-7-21(20)32-26(30,2)22(23)24(31)28-18-12-10-17(27)11-13-18/h4-15,22-23H,3H2,1-2H3,(H,28,31)(H,29,33). The zero-order chi connectivity index (χ0) is 23.2. The summed E-state index contributed by atoms with van der Waals surface area (Å²) >= 11 is 11.8. The first kappa shape index (κ1) is 21.7. The van der Waals surface area contributed by atoms with Crippen molar-refractivity contribution in [1.82, 2.24) is 5.32 Å². The highest BCUT2D eigenvalue weighted by Gasteiger charge is 2.59. The molecule has 168 valence electrons. The zero-order valence-electron chi connectivity index (χ0n) is 18.3. The van der Waals surface area contributed by atoms with E-state index in [1.165, 1.54) is 5.56 Å². The number of ether oxygens (including phenoxy) is 1. The lowest BCUT2D eigenvalue weighted by Crippen LogP contribution is -2.72. The number of halogens is 1. The molecule has 3 atom stereocenters. The average Bonchev–Trinajstić information content (AvgIpc) is 2.80. The quantitative estimate of drug-likeness (QED) is 0.472. The molecule has 0 aromatic heterocycles. The largest absolute Gasteiger partial charge is 0.467 e. The van der Waals surface area contributed by atoms with Crippen molar-refractivity contribution in [2.75, 3.05) is 10.2 Å². The van der Waals surface area contributed by atoms with Crippen molar-refractivity contribution in [2.45, 2.75) is 32.0 Å². The lowest BCUT2D eigenvalue weighted by molar-refractivity contribution is -0.130. The van der Waals surface area contributed by atoms with Crippen molar-refractivity contribution in [3.05, 3.63) is 88.9 Å². The lowest BCUT2D eigenvalue weighted by atomic mass is 9.78. The number of fused-ring (bicyclic) bond motifs is 4. The van der Waals surface area contributed by atoms with Gasteiger partial charge in [-0.2, -0.15) is 0 Å². The van der Waals surface area contributed by atoms with Crippen LogP contribution in [0.5, 0.6) is 5.75 Å². The lowest BCUT2D eigenvalue weighted by Gasteiger charge is -2.56. The number of carbonyl (C=O) groups is 1. The maximum atomic E-state index is 13.7. The molecule has 0 radical (unpaired) electrons. The van der Waals surface area contributed by atoms with Crippen LogP contribution >= 0.6 is 23.8 Å². The molecular weight excluding hydrogens is 454 g/mol. The number of thiocarbonyl (C=S) groups is 1. The molecule has 3 unspecified atom stereocenters. The van der Waals surface area contributed by atoms with E-state index in [2.05, 4.69) is 29.7 Å². The SMILES string of the molecule is CCc1ccc(N2C(=S)NC3c4ccccc4OC2(C)C3C(=O)Nc2ccc(Cl)cc2)cc1. The van der Waals surface area contributed by atoms with Gasteiger partial charge in [0.2, 0.25) is 5.91 Å². The first-order chi connectivity index (χ1) is 15.9. The molecule has 1 saturated heterocycles. The minimum atomic E-state index is -1.04. The van der Waals surface area contributed by atoms with E-state index < -0.39 is 11.6 Å². The van der Waals surface area contributed by atoms with Crippen LogP contribution in [0.25, 0.3) is 0 Å². The molecule has 3 aromatic rings. The van der Waals surface area contributed by atoms with Crippen LogP contribution in [-0.4, -0.2) is 16.7 Å². The summed E-state index contributed by atoms with van der Waals surface area (Å²) in [7, 11) is 0. The Kier molecular flexibility index (Phi) is 5.51. The van der Waals surface area contributed by atoms with E-state index in [0.717, 1.165) is 23.4 Å². The van der Waals surface area contributed by atoms with E-state index in [4.69, 9.17) is 28.6 Å². The van der Waals surface area contributed by atoms with Crippen molar-refractivity contribution in [3.63, 3.8) is 0 Å². The van der Waals surface area contributed by atoms with Gasteiger partial charge in [-0.3, -0.25) is 9.69 Å². The minimum Gasteiger partial charge on any atom is -0.467 e. The van der Waals surface area contributed by atoms with Crippen molar-refractivity contribution in [3.8, 4) is 5.75 Å². The number of rotatable bonds is 4. The Balaban J connectivity index is 1.59. The fraction of sp³-hybridized carbons (Fsp3) is 0.231. The van der Waals surface area contributed by atoms with Gasteiger partial charge < -0.3 is 15.4 Å². The van der Waals surface area contributed by atoms with Crippen molar-refractivity contribution >= 4 is 46.2 Å². The second-order valence-electron chi connectivity index (χ2n) is 8.45. The summed E-state index contributed by atoms with van der Waals surface area (Å²) in [6.07, 6.45) is 0.943. The third kappa shape index (κ3) is 3.73. The molecule has 2 aliphatic rings. The molecule has 1 fully saturated rings. The van der Waals surface area contributed by atoms with Gasteiger partial charge in [-0.25, -0.2) is 0 Å². The van der Waals surface area contributed by atoms with Gasteiger partial charge >= 0.3 is 0 Å². The number of carbonyl (C=O) groups excluding carboxylic acids is 1. The van der Waals surface area contributed by atoms with Crippen LogP contribution in [0.2, 0.25) is 5.02 Å². The van der Waals surface area contributed by atoms with Gasteiger partial charge in [0.05, 0.1) is 6.04 Å². The molecule has 33 heavy (non-hydrogen) atoms. The maximum absolute atomic E-state index is 13.7. The number of para-hydroxylation sites is 1. The number of hydrogen-bond donors (Lipinski definition) is 2. The van der Waals surface area contributed by atoms with Crippen LogP contribution in [0.15, 0.2) is 72.8 Å². The summed E-state index contributed by atoms with van der Waals surface area (Å²) in [5, 5.41) is 7.61. The van der Waals surface area contributed by atoms with E-state index >= 15 is 0 Å². The zero-order valence-corrected chi connectivity index (χ0v) is 19.9. The molecule has 2 aliphatic heterocycles. The summed E-state index contributed by atoms with van der Waals surface area (Å²) in [6, 6.07) is 22.7. The summed E-state index contributed by atoms with van der Waals surface area (Å²) in [5.41, 5.74) is 2.64. The molecule has 0 spiro atoms. The number of anilines is 2. The highest BCUT2D eigenvalue weighted by Crippen LogP contribution is 2.49. The Morgan fingerprint density at radius 3 is 2.52 bits per heavy atom. The molecule has 2 bridgehead atoms. The van der Waals surface area contributed by atoms with Gasteiger partial charge in [-0.1, -0.05) is 48.9 Å². The molecule has 5 rings (SSSR count). The van der Waals surface area contributed by atoms with Crippen LogP contribution in [0.1, 0.15) is 31.0 Å². The van der Waals surface area contributed by atoms with Gasteiger partial charge in [-0.05, 0) is 73.6 Å². The summed E-state index contributed by atoms with van der Waals surface area (Å²) in [5.74, 6) is -0.00384. The first-order valence-corrected chi connectivity index (χ1v) is 11.7. The average molecular weight is 478 g/mol. The Morgan fingerprint density at radius 1 is 1.12 bits per heavy atom.